The summed E-state index contributed by atoms with van der Waals surface area (Å²) in [6, 6.07) is 0. The highest BCUT2D eigenvalue weighted by Crippen LogP contribution is 1.99. The zero-order chi connectivity index (χ0) is 10.5. The Labute approximate surface area is 77.8 Å². The summed E-state index contributed by atoms with van der Waals surface area (Å²) in [5.41, 5.74) is 0. The number of hydrogen-bond acceptors (Lipinski definition) is 5. The first-order chi connectivity index (χ1) is 5.77. The average Bonchev–Trinajstić information content (AvgIpc) is 1.97. The van der Waals surface area contributed by atoms with E-state index in [0.717, 1.165) is 7.11 Å². The standard InChI is InChI=1S/C5H12O6S2/c1-11-13(9,10)5-3-2-4-12(6,7)8/h2-5H2,1H3,(H,6,7,8). The summed E-state index contributed by atoms with van der Waals surface area (Å²) < 4.78 is 54.2. The molecule has 0 fully saturated rings. The van der Waals surface area contributed by atoms with Crippen LogP contribution in [0.5, 0.6) is 0 Å². The van der Waals surface area contributed by atoms with E-state index >= 15 is 0 Å². The molecular formula is C5H12O6S2. The van der Waals surface area contributed by atoms with E-state index in [-0.39, 0.29) is 18.6 Å². The average molecular weight is 232 g/mol. The lowest BCUT2D eigenvalue weighted by Crippen LogP contribution is -2.10. The third-order valence-corrected chi connectivity index (χ3v) is 3.40. The molecule has 0 unspecified atom stereocenters. The van der Waals surface area contributed by atoms with Crippen molar-refractivity contribution in [2.24, 2.45) is 0 Å². The minimum atomic E-state index is -3.98. The molecule has 13 heavy (non-hydrogen) atoms. The van der Waals surface area contributed by atoms with E-state index in [1.165, 1.54) is 0 Å². The van der Waals surface area contributed by atoms with Gasteiger partial charge in [0.25, 0.3) is 20.2 Å². The second-order valence-corrected chi connectivity index (χ2v) is 5.85. The molecule has 0 aliphatic heterocycles. The van der Waals surface area contributed by atoms with Crippen LogP contribution in [0.2, 0.25) is 0 Å². The third-order valence-electron chi connectivity index (χ3n) is 1.30. The van der Waals surface area contributed by atoms with Crippen molar-refractivity contribution >= 4 is 20.2 Å². The first kappa shape index (κ1) is 12.8. The Bertz CT molecular complexity index is 326. The van der Waals surface area contributed by atoms with Gasteiger partial charge in [-0.05, 0) is 12.8 Å². The van der Waals surface area contributed by atoms with Crippen LogP contribution in [-0.4, -0.2) is 40.0 Å². The van der Waals surface area contributed by atoms with Gasteiger partial charge in [0.1, 0.15) is 0 Å². The van der Waals surface area contributed by atoms with Gasteiger partial charge in [0, 0.05) is 0 Å². The molecule has 0 spiro atoms. The highest BCUT2D eigenvalue weighted by Gasteiger charge is 2.09. The van der Waals surface area contributed by atoms with E-state index in [9.17, 15) is 16.8 Å². The maximum absolute atomic E-state index is 10.7. The largest absolute Gasteiger partial charge is 0.286 e. The lowest BCUT2D eigenvalue weighted by Gasteiger charge is -1.99. The van der Waals surface area contributed by atoms with Crippen LogP contribution in [0.1, 0.15) is 12.8 Å². The highest BCUT2D eigenvalue weighted by molar-refractivity contribution is 7.86. The van der Waals surface area contributed by atoms with Crippen LogP contribution in [0.25, 0.3) is 0 Å². The molecule has 0 amide bonds. The van der Waals surface area contributed by atoms with Crippen LogP contribution in [0.15, 0.2) is 0 Å². The van der Waals surface area contributed by atoms with Crippen LogP contribution in [0, 0.1) is 0 Å². The van der Waals surface area contributed by atoms with Crippen molar-refractivity contribution < 1.29 is 25.6 Å². The van der Waals surface area contributed by atoms with Gasteiger partial charge in [0.2, 0.25) is 0 Å². The second-order valence-electron chi connectivity index (χ2n) is 2.42. The monoisotopic (exact) mass is 232 g/mol. The van der Waals surface area contributed by atoms with Crippen LogP contribution < -0.4 is 0 Å². The van der Waals surface area contributed by atoms with Crippen molar-refractivity contribution in [1.29, 1.82) is 0 Å². The van der Waals surface area contributed by atoms with Crippen molar-refractivity contribution in [1.82, 2.24) is 0 Å². The van der Waals surface area contributed by atoms with E-state index in [2.05, 4.69) is 4.18 Å². The molecule has 1 N–H and O–H groups in total. The molecule has 0 rings (SSSR count). The Balaban J connectivity index is 3.71. The molecule has 0 aromatic rings. The summed E-state index contributed by atoms with van der Waals surface area (Å²) in [5.74, 6) is -0.661. The fourth-order valence-corrected chi connectivity index (χ4v) is 1.94. The molecule has 80 valence electrons. The molecular weight excluding hydrogens is 220 g/mol. The first-order valence-corrected chi connectivity index (χ1v) is 6.69. The summed E-state index contributed by atoms with van der Waals surface area (Å²) in [6.07, 6.45) is 0.247. The smallest absolute Gasteiger partial charge is 0.267 e. The topological polar surface area (TPSA) is 97.7 Å². The molecule has 0 aromatic heterocycles. The Morgan fingerprint density at radius 3 is 1.92 bits per heavy atom. The molecule has 0 aliphatic carbocycles. The van der Waals surface area contributed by atoms with Gasteiger partial charge in [0.05, 0.1) is 18.6 Å². The van der Waals surface area contributed by atoms with Gasteiger partial charge >= 0.3 is 0 Å². The van der Waals surface area contributed by atoms with Gasteiger partial charge in [-0.25, -0.2) is 0 Å². The summed E-state index contributed by atoms with van der Waals surface area (Å²) in [5, 5.41) is 0. The van der Waals surface area contributed by atoms with Crippen molar-refractivity contribution in [2.75, 3.05) is 18.6 Å². The van der Waals surface area contributed by atoms with Crippen molar-refractivity contribution in [2.45, 2.75) is 12.8 Å². The van der Waals surface area contributed by atoms with Crippen molar-refractivity contribution in [3.05, 3.63) is 0 Å². The van der Waals surface area contributed by atoms with Gasteiger partial charge in [-0.2, -0.15) is 16.8 Å². The molecule has 0 saturated carbocycles. The van der Waals surface area contributed by atoms with E-state index in [1.54, 1.807) is 0 Å². The Morgan fingerprint density at radius 1 is 1.08 bits per heavy atom. The maximum atomic E-state index is 10.7. The number of unbranched alkanes of at least 4 members (excludes halogenated alkanes) is 1. The van der Waals surface area contributed by atoms with Gasteiger partial charge in [-0.15, -0.1) is 0 Å². The fourth-order valence-electron chi connectivity index (χ4n) is 0.647. The molecule has 8 heteroatoms. The molecule has 0 aromatic carbocycles. The van der Waals surface area contributed by atoms with E-state index in [4.69, 9.17) is 4.55 Å². The van der Waals surface area contributed by atoms with E-state index in [1.807, 2.05) is 0 Å². The summed E-state index contributed by atoms with van der Waals surface area (Å²) in [7, 11) is -6.46. The van der Waals surface area contributed by atoms with E-state index in [0.29, 0.717) is 0 Å². The molecule has 0 heterocycles. The van der Waals surface area contributed by atoms with Gasteiger partial charge in [0.15, 0.2) is 0 Å². The predicted molar refractivity (Wildman–Crippen MR) is 46.4 cm³/mol. The summed E-state index contributed by atoms with van der Waals surface area (Å²) >= 11 is 0. The normalized spacial score (nSPS) is 13.1. The minimum Gasteiger partial charge on any atom is -0.286 e. The van der Waals surface area contributed by atoms with Crippen LogP contribution >= 0.6 is 0 Å². The first-order valence-electron chi connectivity index (χ1n) is 3.50. The van der Waals surface area contributed by atoms with Gasteiger partial charge in [-0.3, -0.25) is 8.74 Å². The Hall–Kier alpha value is -0.180. The Kier molecular flexibility index (Phi) is 4.82. The van der Waals surface area contributed by atoms with Crippen molar-refractivity contribution in [3.8, 4) is 0 Å². The van der Waals surface area contributed by atoms with E-state index < -0.39 is 26.0 Å². The third kappa shape index (κ3) is 8.16. The Morgan fingerprint density at radius 2 is 1.54 bits per heavy atom. The number of rotatable bonds is 6. The lowest BCUT2D eigenvalue weighted by molar-refractivity contribution is 0.396. The predicted octanol–water partition coefficient (Wildman–Crippen LogP) is -0.369. The molecule has 0 aliphatic rings. The zero-order valence-corrected chi connectivity index (χ0v) is 8.77. The highest BCUT2D eigenvalue weighted by atomic mass is 32.2. The van der Waals surface area contributed by atoms with Crippen LogP contribution in [0.4, 0.5) is 0 Å². The quantitative estimate of drug-likeness (QED) is 0.381. The molecule has 0 saturated heterocycles. The molecule has 0 radical (unpaired) electrons. The second kappa shape index (κ2) is 4.89. The molecule has 0 bridgehead atoms. The zero-order valence-electron chi connectivity index (χ0n) is 7.13. The van der Waals surface area contributed by atoms with Gasteiger partial charge in [-0.1, -0.05) is 0 Å². The summed E-state index contributed by atoms with van der Waals surface area (Å²) in [6.45, 7) is 0. The van der Waals surface area contributed by atoms with Crippen LogP contribution in [-0.2, 0) is 24.4 Å². The lowest BCUT2D eigenvalue weighted by atomic mass is 10.4. The number of hydrogen-bond donors (Lipinski definition) is 1. The van der Waals surface area contributed by atoms with Crippen LogP contribution in [0.3, 0.4) is 0 Å². The minimum absolute atomic E-state index is 0.0986. The summed E-state index contributed by atoms with van der Waals surface area (Å²) in [4.78, 5) is 0. The molecule has 0 atom stereocenters. The maximum Gasteiger partial charge on any atom is 0.267 e. The SMILES string of the molecule is COS(=O)(=O)CCCCS(=O)(=O)O. The van der Waals surface area contributed by atoms with Crippen molar-refractivity contribution in [3.63, 3.8) is 0 Å². The molecule has 6 nitrogen and oxygen atoms in total. The van der Waals surface area contributed by atoms with Gasteiger partial charge < -0.3 is 0 Å². The fraction of sp³-hybridized carbons (Fsp3) is 1.00.